The van der Waals surface area contributed by atoms with E-state index in [1.807, 2.05) is 30.3 Å². The number of pyridine rings is 1. The van der Waals surface area contributed by atoms with Crippen molar-refractivity contribution in [1.82, 2.24) is 15.6 Å². The maximum absolute atomic E-state index is 11.6. The summed E-state index contributed by atoms with van der Waals surface area (Å²) in [6, 6.07) is 12.7. The highest BCUT2D eigenvalue weighted by Gasteiger charge is 2.01. The van der Waals surface area contributed by atoms with Crippen LogP contribution < -0.4 is 10.6 Å². The van der Waals surface area contributed by atoms with Crippen LogP contribution in [0.2, 0.25) is 5.02 Å². The lowest BCUT2D eigenvalue weighted by atomic mass is 10.2. The third kappa shape index (κ3) is 4.60. The quantitative estimate of drug-likeness (QED) is 0.901. The van der Waals surface area contributed by atoms with Crippen molar-refractivity contribution in [3.05, 3.63) is 64.9 Å². The summed E-state index contributed by atoms with van der Waals surface area (Å²) in [7, 11) is 0. The SMILES string of the molecule is O=C(NCc1ccc(Cl)cc1)NCc1ccccn1. The molecule has 2 amide bonds. The topological polar surface area (TPSA) is 54.0 Å². The van der Waals surface area contributed by atoms with Gasteiger partial charge in [0, 0.05) is 17.8 Å². The molecule has 19 heavy (non-hydrogen) atoms. The monoisotopic (exact) mass is 275 g/mol. The van der Waals surface area contributed by atoms with Crippen LogP contribution in [-0.2, 0) is 13.1 Å². The van der Waals surface area contributed by atoms with Crippen LogP contribution in [0.3, 0.4) is 0 Å². The molecular formula is C14H14ClN3O. The Morgan fingerprint density at radius 2 is 1.79 bits per heavy atom. The van der Waals surface area contributed by atoms with Crippen molar-refractivity contribution in [1.29, 1.82) is 0 Å². The highest BCUT2D eigenvalue weighted by atomic mass is 35.5. The predicted molar refractivity (Wildman–Crippen MR) is 74.8 cm³/mol. The van der Waals surface area contributed by atoms with Gasteiger partial charge < -0.3 is 10.6 Å². The third-order valence-electron chi connectivity index (χ3n) is 2.52. The van der Waals surface area contributed by atoms with Gasteiger partial charge in [-0.2, -0.15) is 0 Å². The molecule has 0 bridgehead atoms. The minimum absolute atomic E-state index is 0.222. The van der Waals surface area contributed by atoms with Gasteiger partial charge in [0.05, 0.1) is 12.2 Å². The van der Waals surface area contributed by atoms with Crippen molar-refractivity contribution in [3.8, 4) is 0 Å². The van der Waals surface area contributed by atoms with Crippen molar-refractivity contribution >= 4 is 17.6 Å². The van der Waals surface area contributed by atoms with E-state index in [2.05, 4.69) is 15.6 Å². The second-order valence-corrected chi connectivity index (χ2v) is 4.42. The van der Waals surface area contributed by atoms with E-state index >= 15 is 0 Å². The highest BCUT2D eigenvalue weighted by Crippen LogP contribution is 2.08. The first-order chi connectivity index (χ1) is 9.24. The molecule has 0 unspecified atom stereocenters. The van der Waals surface area contributed by atoms with Gasteiger partial charge in [-0.1, -0.05) is 29.8 Å². The fourth-order valence-electron chi connectivity index (χ4n) is 1.52. The van der Waals surface area contributed by atoms with E-state index in [1.54, 1.807) is 18.3 Å². The van der Waals surface area contributed by atoms with E-state index < -0.39 is 0 Å². The van der Waals surface area contributed by atoms with Crippen molar-refractivity contribution in [2.24, 2.45) is 0 Å². The number of amides is 2. The highest BCUT2D eigenvalue weighted by molar-refractivity contribution is 6.30. The summed E-state index contributed by atoms with van der Waals surface area (Å²) in [5.41, 5.74) is 1.82. The first-order valence-corrected chi connectivity index (χ1v) is 6.28. The second kappa shape index (κ2) is 6.75. The number of rotatable bonds is 4. The molecule has 0 aliphatic heterocycles. The fourth-order valence-corrected chi connectivity index (χ4v) is 1.65. The molecule has 1 heterocycles. The van der Waals surface area contributed by atoms with E-state index in [0.717, 1.165) is 11.3 Å². The van der Waals surface area contributed by atoms with Gasteiger partial charge in [0.2, 0.25) is 0 Å². The maximum atomic E-state index is 11.6. The Morgan fingerprint density at radius 1 is 1.05 bits per heavy atom. The lowest BCUT2D eigenvalue weighted by Crippen LogP contribution is -2.34. The fraction of sp³-hybridized carbons (Fsp3) is 0.143. The standard InChI is InChI=1S/C14H14ClN3O/c15-12-6-4-11(5-7-12)9-17-14(19)18-10-13-3-1-2-8-16-13/h1-8H,9-10H2,(H2,17,18,19). The average Bonchev–Trinajstić information content (AvgIpc) is 2.45. The van der Waals surface area contributed by atoms with Gasteiger partial charge in [-0.3, -0.25) is 4.98 Å². The minimum atomic E-state index is -0.222. The van der Waals surface area contributed by atoms with Crippen LogP contribution in [0.5, 0.6) is 0 Å². The van der Waals surface area contributed by atoms with Gasteiger partial charge >= 0.3 is 6.03 Å². The summed E-state index contributed by atoms with van der Waals surface area (Å²) in [5, 5.41) is 6.19. The third-order valence-corrected chi connectivity index (χ3v) is 2.77. The van der Waals surface area contributed by atoms with Crippen molar-refractivity contribution in [3.63, 3.8) is 0 Å². The molecule has 0 spiro atoms. The van der Waals surface area contributed by atoms with Crippen LogP contribution >= 0.6 is 11.6 Å². The number of aromatic nitrogens is 1. The molecule has 0 radical (unpaired) electrons. The molecule has 0 saturated heterocycles. The molecule has 0 atom stereocenters. The van der Waals surface area contributed by atoms with Crippen molar-refractivity contribution in [2.75, 3.05) is 0 Å². The van der Waals surface area contributed by atoms with Crippen LogP contribution in [-0.4, -0.2) is 11.0 Å². The zero-order valence-electron chi connectivity index (χ0n) is 10.3. The summed E-state index contributed by atoms with van der Waals surface area (Å²) in [4.78, 5) is 15.7. The molecule has 0 saturated carbocycles. The van der Waals surface area contributed by atoms with Crippen molar-refractivity contribution in [2.45, 2.75) is 13.1 Å². The number of nitrogens with zero attached hydrogens (tertiary/aromatic N) is 1. The summed E-state index contributed by atoms with van der Waals surface area (Å²) in [6.07, 6.45) is 1.70. The predicted octanol–water partition coefficient (Wildman–Crippen LogP) is 2.73. The van der Waals surface area contributed by atoms with E-state index in [9.17, 15) is 4.79 Å². The van der Waals surface area contributed by atoms with Gasteiger partial charge in [0.25, 0.3) is 0 Å². The van der Waals surface area contributed by atoms with Crippen LogP contribution in [0.15, 0.2) is 48.7 Å². The average molecular weight is 276 g/mol. The summed E-state index contributed by atoms with van der Waals surface area (Å²) in [6.45, 7) is 0.874. The number of benzene rings is 1. The van der Waals surface area contributed by atoms with E-state index in [0.29, 0.717) is 18.1 Å². The Morgan fingerprint density at radius 3 is 2.47 bits per heavy atom. The normalized spacial score (nSPS) is 9.95. The molecular weight excluding hydrogens is 262 g/mol. The second-order valence-electron chi connectivity index (χ2n) is 3.98. The van der Waals surface area contributed by atoms with Gasteiger partial charge in [-0.05, 0) is 29.8 Å². The number of hydrogen-bond acceptors (Lipinski definition) is 2. The number of urea groups is 1. The van der Waals surface area contributed by atoms with Crippen LogP contribution in [0, 0.1) is 0 Å². The van der Waals surface area contributed by atoms with Crippen molar-refractivity contribution < 1.29 is 4.79 Å². The Bertz CT molecular complexity index is 528. The molecule has 5 heteroatoms. The van der Waals surface area contributed by atoms with Crippen LogP contribution in [0.4, 0.5) is 4.79 Å². The largest absolute Gasteiger partial charge is 0.334 e. The first kappa shape index (κ1) is 13.4. The molecule has 2 rings (SSSR count). The van der Waals surface area contributed by atoms with E-state index in [1.165, 1.54) is 0 Å². The summed E-state index contributed by atoms with van der Waals surface area (Å²) < 4.78 is 0. The van der Waals surface area contributed by atoms with E-state index in [4.69, 9.17) is 11.6 Å². The van der Waals surface area contributed by atoms with Gasteiger partial charge in [0.1, 0.15) is 0 Å². The zero-order valence-corrected chi connectivity index (χ0v) is 11.0. The molecule has 1 aromatic heterocycles. The number of nitrogens with one attached hydrogen (secondary N) is 2. The smallest absolute Gasteiger partial charge is 0.315 e. The molecule has 0 aliphatic rings. The maximum Gasteiger partial charge on any atom is 0.315 e. The molecule has 4 nitrogen and oxygen atoms in total. The zero-order chi connectivity index (χ0) is 13.5. The number of halogens is 1. The Labute approximate surface area is 116 Å². The Kier molecular flexibility index (Phi) is 4.75. The molecule has 0 fully saturated rings. The number of carbonyl (C=O) groups excluding carboxylic acids is 1. The number of hydrogen-bond donors (Lipinski definition) is 2. The number of carbonyl (C=O) groups is 1. The van der Waals surface area contributed by atoms with Crippen LogP contribution in [0.1, 0.15) is 11.3 Å². The van der Waals surface area contributed by atoms with Gasteiger partial charge in [-0.25, -0.2) is 4.79 Å². The van der Waals surface area contributed by atoms with E-state index in [-0.39, 0.29) is 6.03 Å². The lowest BCUT2D eigenvalue weighted by molar-refractivity contribution is 0.240. The summed E-state index contributed by atoms with van der Waals surface area (Å²) in [5.74, 6) is 0. The molecule has 1 aromatic carbocycles. The molecule has 2 N–H and O–H groups in total. The van der Waals surface area contributed by atoms with Gasteiger partial charge in [-0.15, -0.1) is 0 Å². The molecule has 2 aromatic rings. The summed E-state index contributed by atoms with van der Waals surface area (Å²) >= 11 is 5.79. The Hall–Kier alpha value is -2.07. The molecule has 0 aliphatic carbocycles. The Balaban J connectivity index is 1.74. The lowest BCUT2D eigenvalue weighted by Gasteiger charge is -2.07. The minimum Gasteiger partial charge on any atom is -0.334 e. The first-order valence-electron chi connectivity index (χ1n) is 5.90. The van der Waals surface area contributed by atoms with Gasteiger partial charge in [0.15, 0.2) is 0 Å². The van der Waals surface area contributed by atoms with Crippen LogP contribution in [0.25, 0.3) is 0 Å². The molecule has 98 valence electrons.